The molecule has 10 aromatic carbocycles. The zero-order valence-corrected chi connectivity index (χ0v) is 37.4. The van der Waals surface area contributed by atoms with Crippen LogP contribution in [0.2, 0.25) is 0 Å². The number of hydrogen-bond donors (Lipinski definition) is 0. The quantitative estimate of drug-likeness (QED) is 0.128. The minimum Gasteiger partial charge on any atom is -0.457 e. The smallest absolute Gasteiger partial charge is 0.137 e. The van der Waals surface area contributed by atoms with Crippen molar-refractivity contribution in [2.75, 3.05) is 9.80 Å². The van der Waals surface area contributed by atoms with E-state index >= 15 is 0 Å². The summed E-state index contributed by atoms with van der Waals surface area (Å²) < 4.78 is 13.7. The number of benzene rings is 10. The maximum absolute atomic E-state index is 6.93. The topological polar surface area (TPSA) is 24.9 Å². The van der Waals surface area contributed by atoms with Gasteiger partial charge in [-0.2, -0.15) is 0 Å². The lowest BCUT2D eigenvalue weighted by atomic mass is 9.82. The van der Waals surface area contributed by atoms with Gasteiger partial charge in [-0.1, -0.05) is 142 Å². The first kappa shape index (κ1) is 40.0. The molecule has 0 spiro atoms. The zero-order valence-electron chi connectivity index (χ0n) is 37.4. The number of rotatable bonds is 10. The second-order valence-corrected chi connectivity index (χ2v) is 17.8. The fourth-order valence-corrected chi connectivity index (χ4v) is 10.2. The molecule has 2 aliphatic rings. The minimum absolute atomic E-state index is 0.149. The summed E-state index contributed by atoms with van der Waals surface area (Å²) in [6.45, 7) is 8.52. The van der Waals surface area contributed by atoms with Crippen LogP contribution in [0.1, 0.15) is 30.5 Å². The Labute approximate surface area is 391 Å². The van der Waals surface area contributed by atoms with Gasteiger partial charge < -0.3 is 19.3 Å². The van der Waals surface area contributed by atoms with E-state index in [-0.39, 0.29) is 5.41 Å². The SMILES string of the molecule is C=C/C=C\c1ccc2cc(N(c3ccc4c(c3)Oc3cccc5c(Oc6cccc(N(c7ccccc7)c7ccccc7)c6)ccc-4c35)c3ccc4c(c3)C(C)(C)c3ccccc3-4)ccc2c1. The maximum atomic E-state index is 6.93. The number of para-hydroxylation sites is 2. The molecule has 1 aliphatic heterocycles. The van der Waals surface area contributed by atoms with E-state index in [0.29, 0.717) is 0 Å². The third-order valence-corrected chi connectivity index (χ3v) is 13.4. The lowest BCUT2D eigenvalue weighted by molar-refractivity contribution is 0.481. The molecular weight excluding hydrogens is 817 g/mol. The molecule has 0 atom stereocenters. The Morgan fingerprint density at radius 3 is 1.88 bits per heavy atom. The molecule has 0 radical (unpaired) electrons. The Morgan fingerprint density at radius 1 is 0.463 bits per heavy atom. The van der Waals surface area contributed by atoms with Crippen molar-refractivity contribution in [2.45, 2.75) is 19.3 Å². The largest absolute Gasteiger partial charge is 0.457 e. The van der Waals surface area contributed by atoms with Crippen LogP contribution >= 0.6 is 0 Å². The first-order valence-corrected chi connectivity index (χ1v) is 22.8. The monoisotopic (exact) mass is 862 g/mol. The highest BCUT2D eigenvalue weighted by atomic mass is 16.5. The number of ether oxygens (including phenoxy) is 2. The molecule has 320 valence electrons. The summed E-state index contributed by atoms with van der Waals surface area (Å²) in [4.78, 5) is 4.61. The lowest BCUT2D eigenvalue weighted by Crippen LogP contribution is -2.16. The zero-order chi connectivity index (χ0) is 45.1. The average molecular weight is 863 g/mol. The molecule has 67 heavy (non-hydrogen) atoms. The summed E-state index contributed by atoms with van der Waals surface area (Å²) in [6.07, 6.45) is 5.87. The predicted molar refractivity (Wildman–Crippen MR) is 280 cm³/mol. The first-order chi connectivity index (χ1) is 32.9. The molecule has 0 unspecified atom stereocenters. The minimum atomic E-state index is -0.149. The van der Waals surface area contributed by atoms with Crippen LogP contribution in [0.4, 0.5) is 34.1 Å². The molecule has 12 rings (SSSR count). The van der Waals surface area contributed by atoms with Crippen molar-refractivity contribution in [3.05, 3.63) is 248 Å². The normalized spacial score (nSPS) is 12.9. The molecule has 10 aromatic rings. The summed E-state index contributed by atoms with van der Waals surface area (Å²) in [5.74, 6) is 3.11. The number of hydrogen-bond acceptors (Lipinski definition) is 4. The van der Waals surface area contributed by atoms with E-state index in [1.165, 1.54) is 27.6 Å². The fraction of sp³-hybridized carbons (Fsp3) is 0.0476. The molecule has 1 aliphatic carbocycles. The van der Waals surface area contributed by atoms with E-state index in [9.17, 15) is 0 Å². The molecule has 1 heterocycles. The Balaban J connectivity index is 0.928. The van der Waals surface area contributed by atoms with Crippen molar-refractivity contribution >= 4 is 61.7 Å². The van der Waals surface area contributed by atoms with Crippen LogP contribution in [0.25, 0.3) is 49.9 Å². The highest BCUT2D eigenvalue weighted by molar-refractivity contribution is 6.07. The molecule has 0 amide bonds. The van der Waals surface area contributed by atoms with Gasteiger partial charge >= 0.3 is 0 Å². The maximum Gasteiger partial charge on any atom is 0.137 e. The van der Waals surface area contributed by atoms with Gasteiger partial charge in [0.25, 0.3) is 0 Å². The van der Waals surface area contributed by atoms with Crippen LogP contribution in [0.5, 0.6) is 23.0 Å². The van der Waals surface area contributed by atoms with Gasteiger partial charge in [-0.3, -0.25) is 0 Å². The molecular formula is C63H46N2O2. The van der Waals surface area contributed by atoms with Crippen LogP contribution in [0.3, 0.4) is 0 Å². The molecule has 0 N–H and O–H groups in total. The second kappa shape index (κ2) is 16.1. The average Bonchev–Trinajstić information content (AvgIpc) is 3.60. The second-order valence-electron chi connectivity index (χ2n) is 17.8. The number of anilines is 6. The van der Waals surface area contributed by atoms with Crippen LogP contribution in [0, 0.1) is 0 Å². The number of nitrogens with zero attached hydrogens (tertiary/aromatic N) is 2. The summed E-state index contributed by atoms with van der Waals surface area (Å²) in [5.41, 5.74) is 14.7. The van der Waals surface area contributed by atoms with Crippen LogP contribution < -0.4 is 19.3 Å². The summed E-state index contributed by atoms with van der Waals surface area (Å²) in [6, 6.07) is 75.4. The number of allylic oxidation sites excluding steroid dienone is 2. The van der Waals surface area contributed by atoms with Crippen molar-refractivity contribution in [1.29, 1.82) is 0 Å². The van der Waals surface area contributed by atoms with Gasteiger partial charge in [0.1, 0.15) is 23.0 Å². The number of fused-ring (bicyclic) bond motifs is 6. The Morgan fingerprint density at radius 2 is 1.07 bits per heavy atom. The van der Waals surface area contributed by atoms with Crippen molar-refractivity contribution in [3.63, 3.8) is 0 Å². The Hall–Kier alpha value is -8.60. The van der Waals surface area contributed by atoms with E-state index < -0.39 is 0 Å². The third kappa shape index (κ3) is 6.93. The van der Waals surface area contributed by atoms with E-state index in [1.54, 1.807) is 0 Å². The van der Waals surface area contributed by atoms with Crippen LogP contribution in [-0.4, -0.2) is 0 Å². The summed E-state index contributed by atoms with van der Waals surface area (Å²) in [7, 11) is 0. The Kier molecular flexibility index (Phi) is 9.62. The van der Waals surface area contributed by atoms with Crippen LogP contribution in [0.15, 0.2) is 231 Å². The first-order valence-electron chi connectivity index (χ1n) is 22.8. The molecule has 0 aromatic heterocycles. The van der Waals surface area contributed by atoms with Gasteiger partial charge in [0.2, 0.25) is 0 Å². The van der Waals surface area contributed by atoms with E-state index in [1.807, 2.05) is 30.4 Å². The predicted octanol–water partition coefficient (Wildman–Crippen LogP) is 18.0. The standard InChI is InChI=1S/C63H46N2O2/c1-4-5-16-42-27-28-44-38-48(30-29-43(44)37-42)65(49-31-33-53-52-23-12-13-25-57(52)63(2,3)58(53)40-49)50-32-34-54-55-35-36-59(56-24-15-26-60(62(55)56)67-61(54)41-50)66-51-22-14-21-47(39-51)64(45-17-8-6-9-18-45)46-19-10-7-11-20-46/h4-41H,1H2,2-3H3/b16-5-. The molecule has 0 saturated carbocycles. The highest BCUT2D eigenvalue weighted by Gasteiger charge is 2.36. The van der Waals surface area contributed by atoms with Crippen molar-refractivity contribution in [2.24, 2.45) is 0 Å². The molecule has 4 heteroatoms. The molecule has 0 saturated heterocycles. The van der Waals surface area contributed by atoms with Crippen LogP contribution in [-0.2, 0) is 5.41 Å². The summed E-state index contributed by atoms with van der Waals surface area (Å²) >= 11 is 0. The molecule has 4 nitrogen and oxygen atoms in total. The fourth-order valence-electron chi connectivity index (χ4n) is 10.2. The summed E-state index contributed by atoms with van der Waals surface area (Å²) in [5, 5.41) is 4.36. The van der Waals surface area contributed by atoms with Gasteiger partial charge in [0.05, 0.1) is 0 Å². The third-order valence-electron chi connectivity index (χ3n) is 13.4. The van der Waals surface area contributed by atoms with Crippen molar-refractivity contribution in [3.8, 4) is 45.3 Å². The van der Waals surface area contributed by atoms with Gasteiger partial charge in [0, 0.05) is 68.0 Å². The van der Waals surface area contributed by atoms with E-state index in [2.05, 4.69) is 230 Å². The van der Waals surface area contributed by atoms with E-state index in [4.69, 9.17) is 9.47 Å². The van der Waals surface area contributed by atoms with E-state index in [0.717, 1.165) is 90.0 Å². The van der Waals surface area contributed by atoms with Crippen molar-refractivity contribution in [1.82, 2.24) is 0 Å². The molecule has 0 bridgehead atoms. The Bertz CT molecular complexity index is 3550. The lowest BCUT2D eigenvalue weighted by Gasteiger charge is -2.30. The van der Waals surface area contributed by atoms with Crippen molar-refractivity contribution < 1.29 is 9.47 Å². The highest BCUT2D eigenvalue weighted by Crippen LogP contribution is 2.53. The van der Waals surface area contributed by atoms with Gasteiger partial charge in [-0.25, -0.2) is 0 Å². The molecule has 0 fully saturated rings. The van der Waals surface area contributed by atoms with Gasteiger partial charge in [-0.15, -0.1) is 0 Å². The van der Waals surface area contributed by atoms with Gasteiger partial charge in [-0.05, 0) is 141 Å². The van der Waals surface area contributed by atoms with Gasteiger partial charge in [0.15, 0.2) is 0 Å².